The molecule has 0 saturated heterocycles. The second-order valence-corrected chi connectivity index (χ2v) is 6.12. The number of nitrogens with zero attached hydrogens (tertiary/aromatic N) is 2. The summed E-state index contributed by atoms with van der Waals surface area (Å²) < 4.78 is 1.83. The van der Waals surface area contributed by atoms with Crippen molar-refractivity contribution < 1.29 is 4.79 Å². The van der Waals surface area contributed by atoms with Crippen molar-refractivity contribution in [3.8, 4) is 0 Å². The minimum Gasteiger partial charge on any atom is -0.352 e. The van der Waals surface area contributed by atoms with E-state index in [9.17, 15) is 4.79 Å². The van der Waals surface area contributed by atoms with Gasteiger partial charge in [-0.15, -0.1) is 0 Å². The maximum atomic E-state index is 12.3. The number of hydrogen-bond donors (Lipinski definition) is 1. The van der Waals surface area contributed by atoms with Crippen LogP contribution < -0.4 is 5.32 Å². The van der Waals surface area contributed by atoms with E-state index in [1.807, 2.05) is 35.1 Å². The highest BCUT2D eigenvalue weighted by Crippen LogP contribution is 2.35. The number of benzene rings is 1. The van der Waals surface area contributed by atoms with Crippen molar-refractivity contribution in [3.63, 3.8) is 0 Å². The average molecular weight is 305 g/mol. The van der Waals surface area contributed by atoms with Crippen LogP contribution in [0.1, 0.15) is 35.4 Å². The summed E-state index contributed by atoms with van der Waals surface area (Å²) in [5, 5.41) is 7.34. The number of rotatable bonds is 4. The highest BCUT2D eigenvalue weighted by atomic mass is 16.1. The number of aryl methyl sites for hydroxylation is 1. The first-order valence-corrected chi connectivity index (χ1v) is 8.07. The van der Waals surface area contributed by atoms with E-state index in [-0.39, 0.29) is 5.91 Å². The van der Waals surface area contributed by atoms with Crippen molar-refractivity contribution in [2.45, 2.75) is 31.7 Å². The molecule has 1 N–H and O–H groups in total. The van der Waals surface area contributed by atoms with Crippen LogP contribution >= 0.6 is 0 Å². The van der Waals surface area contributed by atoms with Crippen LogP contribution in [0.5, 0.6) is 0 Å². The van der Waals surface area contributed by atoms with Gasteiger partial charge in [-0.3, -0.25) is 4.79 Å². The predicted octanol–water partition coefficient (Wildman–Crippen LogP) is 3.07. The van der Waals surface area contributed by atoms with Crippen LogP contribution in [-0.4, -0.2) is 15.5 Å². The van der Waals surface area contributed by atoms with Gasteiger partial charge in [0.1, 0.15) is 0 Å². The molecule has 4 rings (SSSR count). The second kappa shape index (κ2) is 5.88. The number of pyridine rings is 1. The maximum Gasteiger partial charge on any atom is 0.220 e. The Morgan fingerprint density at radius 3 is 3.04 bits per heavy atom. The minimum absolute atomic E-state index is 0.113. The number of fused-ring (bicyclic) bond motifs is 2. The van der Waals surface area contributed by atoms with Gasteiger partial charge < -0.3 is 5.32 Å². The SMILES string of the molecule is O=C(C[C@H]1CCc2ccccc21)NCc1cnn2ccccc12. The summed E-state index contributed by atoms with van der Waals surface area (Å²) in [5.74, 6) is 0.470. The fourth-order valence-electron chi connectivity index (χ4n) is 3.47. The molecule has 0 aliphatic heterocycles. The molecule has 0 saturated carbocycles. The standard InChI is InChI=1S/C19H19N3O/c23-19(11-15-9-8-14-5-1-2-6-17(14)15)20-12-16-13-21-22-10-4-3-7-18(16)22/h1-7,10,13,15H,8-9,11-12H2,(H,20,23)/t15-/m1/s1. The molecular weight excluding hydrogens is 286 g/mol. The van der Waals surface area contributed by atoms with Crippen molar-refractivity contribution in [2.24, 2.45) is 0 Å². The molecule has 4 heteroatoms. The minimum atomic E-state index is 0.113. The number of aromatic nitrogens is 2. The topological polar surface area (TPSA) is 46.4 Å². The molecule has 0 spiro atoms. The Kier molecular flexibility index (Phi) is 3.58. The number of carbonyl (C=O) groups is 1. The molecule has 0 fully saturated rings. The third-order valence-corrected chi connectivity index (χ3v) is 4.67. The third kappa shape index (κ3) is 2.72. The molecule has 0 bridgehead atoms. The lowest BCUT2D eigenvalue weighted by Gasteiger charge is -2.11. The van der Waals surface area contributed by atoms with Crippen molar-refractivity contribution in [1.29, 1.82) is 0 Å². The van der Waals surface area contributed by atoms with Gasteiger partial charge >= 0.3 is 0 Å². The fourth-order valence-corrected chi connectivity index (χ4v) is 3.47. The number of carbonyl (C=O) groups excluding carboxylic acids is 1. The molecule has 0 radical (unpaired) electrons. The lowest BCUT2D eigenvalue weighted by atomic mass is 9.97. The molecule has 4 nitrogen and oxygen atoms in total. The molecule has 0 unspecified atom stereocenters. The van der Waals surface area contributed by atoms with Gasteiger partial charge in [-0.1, -0.05) is 30.3 Å². The van der Waals surface area contributed by atoms with Crippen molar-refractivity contribution in [1.82, 2.24) is 14.9 Å². The zero-order valence-electron chi connectivity index (χ0n) is 12.9. The Morgan fingerprint density at radius 2 is 2.09 bits per heavy atom. The molecule has 2 heterocycles. The summed E-state index contributed by atoms with van der Waals surface area (Å²) in [7, 11) is 0. The Labute approximate surface area is 135 Å². The van der Waals surface area contributed by atoms with E-state index in [1.54, 1.807) is 0 Å². The summed E-state index contributed by atoms with van der Waals surface area (Å²) in [5.41, 5.74) is 4.83. The summed E-state index contributed by atoms with van der Waals surface area (Å²) >= 11 is 0. The van der Waals surface area contributed by atoms with E-state index >= 15 is 0 Å². The summed E-state index contributed by atoms with van der Waals surface area (Å²) in [6.45, 7) is 0.528. The van der Waals surface area contributed by atoms with Crippen molar-refractivity contribution in [3.05, 3.63) is 71.5 Å². The third-order valence-electron chi connectivity index (χ3n) is 4.67. The first-order valence-electron chi connectivity index (χ1n) is 8.07. The van der Waals surface area contributed by atoms with Crippen LogP contribution in [0.25, 0.3) is 5.52 Å². The normalized spacial score (nSPS) is 16.4. The largest absolute Gasteiger partial charge is 0.352 e. The molecule has 1 aliphatic carbocycles. The zero-order chi connectivity index (χ0) is 15.6. The average Bonchev–Trinajstić information content (AvgIpc) is 3.18. The van der Waals surface area contributed by atoms with E-state index in [1.165, 1.54) is 11.1 Å². The summed E-state index contributed by atoms with van der Waals surface area (Å²) in [6.07, 6.45) is 6.46. The molecular formula is C19H19N3O. The zero-order valence-corrected chi connectivity index (χ0v) is 12.9. The molecule has 23 heavy (non-hydrogen) atoms. The van der Waals surface area contributed by atoms with Crippen LogP contribution in [0.4, 0.5) is 0 Å². The first kappa shape index (κ1) is 14.0. The fraction of sp³-hybridized carbons (Fsp3) is 0.263. The van der Waals surface area contributed by atoms with Crippen molar-refractivity contribution >= 4 is 11.4 Å². The summed E-state index contributed by atoms with van der Waals surface area (Å²) in [6, 6.07) is 14.4. The molecule has 1 atom stereocenters. The molecule has 1 aliphatic rings. The number of amides is 1. The Hall–Kier alpha value is -2.62. The van der Waals surface area contributed by atoms with Crippen LogP contribution in [0.2, 0.25) is 0 Å². The van der Waals surface area contributed by atoms with Crippen LogP contribution in [0, 0.1) is 0 Å². The quantitative estimate of drug-likeness (QED) is 0.805. The predicted molar refractivity (Wildman–Crippen MR) is 89.2 cm³/mol. The van der Waals surface area contributed by atoms with Crippen molar-refractivity contribution in [2.75, 3.05) is 0 Å². The smallest absolute Gasteiger partial charge is 0.220 e. The van der Waals surface area contributed by atoms with E-state index in [0.29, 0.717) is 18.9 Å². The van der Waals surface area contributed by atoms with Gasteiger partial charge in [0.15, 0.2) is 0 Å². The van der Waals surface area contributed by atoms with Gasteiger partial charge in [0.05, 0.1) is 11.7 Å². The monoisotopic (exact) mass is 305 g/mol. The highest BCUT2D eigenvalue weighted by molar-refractivity contribution is 5.77. The summed E-state index contributed by atoms with van der Waals surface area (Å²) in [4.78, 5) is 12.3. The van der Waals surface area contributed by atoms with E-state index in [2.05, 4.69) is 34.7 Å². The van der Waals surface area contributed by atoms with Crippen LogP contribution in [0.15, 0.2) is 54.9 Å². The Balaban J connectivity index is 1.40. The molecule has 2 aromatic heterocycles. The lowest BCUT2D eigenvalue weighted by molar-refractivity contribution is -0.121. The highest BCUT2D eigenvalue weighted by Gasteiger charge is 2.24. The molecule has 1 aromatic carbocycles. The van der Waals surface area contributed by atoms with E-state index in [0.717, 1.165) is 23.9 Å². The maximum absolute atomic E-state index is 12.3. The van der Waals surface area contributed by atoms with Gasteiger partial charge in [0.25, 0.3) is 0 Å². The molecule has 3 aromatic rings. The molecule has 116 valence electrons. The van der Waals surface area contributed by atoms with Gasteiger partial charge in [-0.2, -0.15) is 5.10 Å². The lowest BCUT2D eigenvalue weighted by Crippen LogP contribution is -2.24. The molecule has 1 amide bonds. The van der Waals surface area contributed by atoms with E-state index in [4.69, 9.17) is 0 Å². The first-order chi connectivity index (χ1) is 11.3. The number of hydrogen-bond acceptors (Lipinski definition) is 2. The van der Waals surface area contributed by atoms with Gasteiger partial charge in [0.2, 0.25) is 5.91 Å². The van der Waals surface area contributed by atoms with Gasteiger partial charge in [-0.05, 0) is 42.0 Å². The van der Waals surface area contributed by atoms with E-state index < -0.39 is 0 Å². The Morgan fingerprint density at radius 1 is 1.22 bits per heavy atom. The van der Waals surface area contributed by atoms with Gasteiger partial charge in [0, 0.05) is 24.7 Å². The number of nitrogens with one attached hydrogen (secondary N) is 1. The van der Waals surface area contributed by atoms with Crippen LogP contribution in [0.3, 0.4) is 0 Å². The second-order valence-electron chi connectivity index (χ2n) is 6.12. The Bertz CT molecular complexity index is 852. The van der Waals surface area contributed by atoms with Crippen LogP contribution in [-0.2, 0) is 17.8 Å². The van der Waals surface area contributed by atoms with Gasteiger partial charge in [-0.25, -0.2) is 4.52 Å².